The molecular formula is C19H27N3O3. The van der Waals surface area contributed by atoms with Crippen LogP contribution >= 0.6 is 0 Å². The fourth-order valence-corrected chi connectivity index (χ4v) is 3.67. The predicted molar refractivity (Wildman–Crippen MR) is 95.1 cm³/mol. The van der Waals surface area contributed by atoms with Gasteiger partial charge in [0.25, 0.3) is 0 Å². The second-order valence-corrected chi connectivity index (χ2v) is 7.48. The van der Waals surface area contributed by atoms with Crippen LogP contribution in [0.15, 0.2) is 18.2 Å². The minimum Gasteiger partial charge on any atom is -0.469 e. The standard InChI is InChI=1S/C19H27N3O3/c1-14-5-3-7-16(20-14)21-18(24)15-6-4-10-22(12-15)13-19(8-9-19)11-17(23)25-2/h3,5,7,15H,4,6,8-13H2,1-2H3,(H,20,21,24)/t15-/m0/s1. The number of esters is 1. The molecule has 0 radical (unpaired) electrons. The molecule has 1 atom stereocenters. The number of rotatable bonds is 6. The van der Waals surface area contributed by atoms with Crippen molar-refractivity contribution in [1.29, 1.82) is 0 Å². The molecule has 1 aromatic heterocycles. The Kier molecular flexibility index (Phi) is 5.37. The Bertz CT molecular complexity index is 643. The Morgan fingerprint density at radius 3 is 2.88 bits per heavy atom. The monoisotopic (exact) mass is 345 g/mol. The van der Waals surface area contributed by atoms with Gasteiger partial charge in [-0.1, -0.05) is 6.07 Å². The highest BCUT2D eigenvalue weighted by Gasteiger charge is 2.46. The highest BCUT2D eigenvalue weighted by molar-refractivity contribution is 5.91. The lowest BCUT2D eigenvalue weighted by molar-refractivity contribution is -0.142. The molecule has 1 N–H and O–H groups in total. The third kappa shape index (κ3) is 4.78. The molecule has 1 aliphatic carbocycles. The fraction of sp³-hybridized carbons (Fsp3) is 0.632. The zero-order valence-electron chi connectivity index (χ0n) is 15.1. The average Bonchev–Trinajstić information content (AvgIpc) is 3.34. The molecule has 1 aromatic rings. The SMILES string of the molecule is COC(=O)CC1(CN2CCC[C@H](C(=O)Nc3cccc(C)n3)C2)CC1. The summed E-state index contributed by atoms with van der Waals surface area (Å²) in [5.74, 6) is 0.506. The number of hydrogen-bond donors (Lipinski definition) is 1. The lowest BCUT2D eigenvalue weighted by Crippen LogP contribution is -2.43. The molecule has 0 bridgehead atoms. The summed E-state index contributed by atoms with van der Waals surface area (Å²) in [6, 6.07) is 5.63. The smallest absolute Gasteiger partial charge is 0.306 e. The summed E-state index contributed by atoms with van der Waals surface area (Å²) in [7, 11) is 1.44. The second kappa shape index (κ2) is 7.52. The van der Waals surface area contributed by atoms with E-state index in [1.165, 1.54) is 7.11 Å². The van der Waals surface area contributed by atoms with Crippen LogP contribution in [0.2, 0.25) is 0 Å². The number of aryl methyl sites for hydroxylation is 1. The number of carbonyl (C=O) groups is 2. The zero-order valence-corrected chi connectivity index (χ0v) is 15.1. The Morgan fingerprint density at radius 1 is 1.40 bits per heavy atom. The molecule has 3 rings (SSSR count). The van der Waals surface area contributed by atoms with Crippen LogP contribution in [-0.2, 0) is 14.3 Å². The van der Waals surface area contributed by atoms with Gasteiger partial charge in [0.05, 0.1) is 19.4 Å². The molecule has 2 heterocycles. The summed E-state index contributed by atoms with van der Waals surface area (Å²) < 4.78 is 4.82. The van der Waals surface area contributed by atoms with E-state index in [-0.39, 0.29) is 23.2 Å². The number of nitrogens with one attached hydrogen (secondary N) is 1. The molecule has 25 heavy (non-hydrogen) atoms. The second-order valence-electron chi connectivity index (χ2n) is 7.48. The van der Waals surface area contributed by atoms with E-state index in [1.54, 1.807) is 0 Å². The van der Waals surface area contributed by atoms with Crippen LogP contribution in [0.5, 0.6) is 0 Å². The molecular weight excluding hydrogens is 318 g/mol. The molecule has 1 amide bonds. The summed E-state index contributed by atoms with van der Waals surface area (Å²) in [4.78, 5) is 30.9. The molecule has 1 saturated carbocycles. The molecule has 1 aliphatic heterocycles. The van der Waals surface area contributed by atoms with Gasteiger partial charge in [-0.3, -0.25) is 9.59 Å². The summed E-state index contributed by atoms with van der Waals surface area (Å²) in [5.41, 5.74) is 0.963. The number of hydrogen-bond acceptors (Lipinski definition) is 5. The number of anilines is 1. The quantitative estimate of drug-likeness (QED) is 0.802. The van der Waals surface area contributed by atoms with E-state index < -0.39 is 0 Å². The molecule has 1 saturated heterocycles. The van der Waals surface area contributed by atoms with Crippen molar-refractivity contribution in [3.63, 3.8) is 0 Å². The average molecular weight is 345 g/mol. The molecule has 0 spiro atoms. The van der Waals surface area contributed by atoms with Crippen molar-refractivity contribution < 1.29 is 14.3 Å². The van der Waals surface area contributed by atoms with E-state index >= 15 is 0 Å². The van der Waals surface area contributed by atoms with Gasteiger partial charge >= 0.3 is 5.97 Å². The van der Waals surface area contributed by atoms with Crippen LogP contribution < -0.4 is 5.32 Å². The van der Waals surface area contributed by atoms with Gasteiger partial charge in [-0.05, 0) is 56.7 Å². The minimum atomic E-state index is -0.130. The Labute approximate surface area is 148 Å². The maximum Gasteiger partial charge on any atom is 0.306 e. The molecule has 136 valence electrons. The van der Waals surface area contributed by atoms with E-state index in [2.05, 4.69) is 15.2 Å². The molecule has 6 nitrogen and oxygen atoms in total. The first-order valence-electron chi connectivity index (χ1n) is 9.03. The molecule has 6 heteroatoms. The Morgan fingerprint density at radius 2 is 2.20 bits per heavy atom. The summed E-state index contributed by atoms with van der Waals surface area (Å²) in [6.07, 6.45) is 4.54. The topological polar surface area (TPSA) is 71.5 Å². The van der Waals surface area contributed by atoms with Crippen molar-refractivity contribution in [3.05, 3.63) is 23.9 Å². The van der Waals surface area contributed by atoms with Gasteiger partial charge in [-0.25, -0.2) is 4.98 Å². The number of likely N-dealkylation sites (tertiary alicyclic amines) is 1. The first-order chi connectivity index (χ1) is 12.0. The highest BCUT2D eigenvalue weighted by atomic mass is 16.5. The number of amides is 1. The first kappa shape index (κ1) is 17.9. The maximum atomic E-state index is 12.6. The normalized spacial score (nSPS) is 22.2. The zero-order chi connectivity index (χ0) is 17.9. The molecule has 0 aromatic carbocycles. The number of pyridine rings is 1. The van der Waals surface area contributed by atoms with Crippen LogP contribution in [0.25, 0.3) is 0 Å². The summed E-state index contributed by atoms with van der Waals surface area (Å²) in [6.45, 7) is 4.54. The van der Waals surface area contributed by atoms with Crippen molar-refractivity contribution in [2.75, 3.05) is 32.1 Å². The van der Waals surface area contributed by atoms with Crippen molar-refractivity contribution in [2.45, 2.75) is 39.0 Å². The maximum absolute atomic E-state index is 12.6. The first-order valence-corrected chi connectivity index (χ1v) is 9.03. The third-order valence-electron chi connectivity index (χ3n) is 5.28. The van der Waals surface area contributed by atoms with Gasteiger partial charge in [0.15, 0.2) is 0 Å². The molecule has 0 unspecified atom stereocenters. The van der Waals surface area contributed by atoms with Crippen molar-refractivity contribution >= 4 is 17.7 Å². The highest BCUT2D eigenvalue weighted by Crippen LogP contribution is 2.50. The van der Waals surface area contributed by atoms with Crippen molar-refractivity contribution in [2.24, 2.45) is 11.3 Å². The minimum absolute atomic E-state index is 0.0232. The number of carbonyl (C=O) groups excluding carboxylic acids is 2. The van der Waals surface area contributed by atoms with E-state index in [4.69, 9.17) is 4.74 Å². The van der Waals surface area contributed by atoms with Gasteiger partial charge in [0, 0.05) is 18.8 Å². The van der Waals surface area contributed by atoms with E-state index in [1.807, 2.05) is 25.1 Å². The van der Waals surface area contributed by atoms with Crippen LogP contribution in [-0.4, -0.2) is 48.5 Å². The van der Waals surface area contributed by atoms with Crippen LogP contribution in [0.1, 0.15) is 37.8 Å². The van der Waals surface area contributed by atoms with Gasteiger partial charge in [-0.2, -0.15) is 0 Å². The fourth-order valence-electron chi connectivity index (χ4n) is 3.67. The van der Waals surface area contributed by atoms with Gasteiger partial charge in [-0.15, -0.1) is 0 Å². The lowest BCUT2D eigenvalue weighted by Gasteiger charge is -2.34. The van der Waals surface area contributed by atoms with Gasteiger partial charge < -0.3 is 15.0 Å². The largest absolute Gasteiger partial charge is 0.469 e. The van der Waals surface area contributed by atoms with Crippen molar-refractivity contribution in [1.82, 2.24) is 9.88 Å². The van der Waals surface area contributed by atoms with Crippen LogP contribution in [0.4, 0.5) is 5.82 Å². The van der Waals surface area contributed by atoms with E-state index in [9.17, 15) is 9.59 Å². The summed E-state index contributed by atoms with van der Waals surface area (Å²) >= 11 is 0. The third-order valence-corrected chi connectivity index (χ3v) is 5.28. The molecule has 2 aliphatic rings. The predicted octanol–water partition coefficient (Wildman–Crippen LogP) is 2.38. The number of aromatic nitrogens is 1. The Hall–Kier alpha value is -1.95. The number of piperidine rings is 1. The van der Waals surface area contributed by atoms with Gasteiger partial charge in [0.1, 0.15) is 5.82 Å². The Balaban J connectivity index is 1.54. The van der Waals surface area contributed by atoms with Crippen LogP contribution in [0.3, 0.4) is 0 Å². The molecule has 2 fully saturated rings. The van der Waals surface area contributed by atoms with Crippen LogP contribution in [0, 0.1) is 18.3 Å². The number of nitrogens with zero attached hydrogens (tertiary/aromatic N) is 2. The van der Waals surface area contributed by atoms with Gasteiger partial charge in [0.2, 0.25) is 5.91 Å². The number of ether oxygens (including phenoxy) is 1. The van der Waals surface area contributed by atoms with E-state index in [0.717, 1.165) is 51.0 Å². The van der Waals surface area contributed by atoms with Crippen molar-refractivity contribution in [3.8, 4) is 0 Å². The van der Waals surface area contributed by atoms with E-state index in [0.29, 0.717) is 12.2 Å². The number of methoxy groups -OCH3 is 1. The summed E-state index contributed by atoms with van der Waals surface area (Å²) in [5, 5.41) is 2.94. The lowest BCUT2D eigenvalue weighted by atomic mass is 9.94.